The van der Waals surface area contributed by atoms with Crippen molar-refractivity contribution in [3.8, 4) is 5.75 Å². The highest BCUT2D eigenvalue weighted by molar-refractivity contribution is 6.58. The van der Waals surface area contributed by atoms with Crippen LogP contribution in [0.15, 0.2) is 18.2 Å². The van der Waals surface area contributed by atoms with Crippen LogP contribution in [-0.4, -0.2) is 23.3 Å². The molecule has 0 unspecified atom stereocenters. The zero-order chi connectivity index (χ0) is 10.7. The maximum atomic E-state index is 13.0. The first-order valence-electron chi connectivity index (χ1n) is 4.33. The lowest BCUT2D eigenvalue weighted by atomic mass is 9.80. The molecule has 0 aromatic heterocycles. The summed E-state index contributed by atoms with van der Waals surface area (Å²) in [5.74, 6) is -0.236. The number of ether oxygens (including phenoxy) is 1. The van der Waals surface area contributed by atoms with Crippen molar-refractivity contribution in [2.24, 2.45) is 0 Å². The number of rotatable bonds is 3. The molecule has 0 heterocycles. The summed E-state index contributed by atoms with van der Waals surface area (Å²) in [6.07, 6.45) is -0.0378. The van der Waals surface area contributed by atoms with Crippen molar-refractivity contribution < 1.29 is 19.2 Å². The van der Waals surface area contributed by atoms with Crippen LogP contribution in [-0.2, 0) is 0 Å². The number of benzene rings is 1. The summed E-state index contributed by atoms with van der Waals surface area (Å²) in [4.78, 5) is 0. The van der Waals surface area contributed by atoms with E-state index in [4.69, 9.17) is 14.8 Å². The molecule has 1 aromatic carbocycles. The van der Waals surface area contributed by atoms with Crippen LogP contribution < -0.4 is 10.2 Å². The van der Waals surface area contributed by atoms with Crippen LogP contribution in [0.4, 0.5) is 4.39 Å². The van der Waals surface area contributed by atoms with E-state index < -0.39 is 12.9 Å². The maximum Gasteiger partial charge on any atom is 0.491 e. The van der Waals surface area contributed by atoms with Gasteiger partial charge in [-0.05, 0) is 32.0 Å². The van der Waals surface area contributed by atoms with E-state index in [0.717, 1.165) is 6.07 Å². The van der Waals surface area contributed by atoms with Crippen LogP contribution >= 0.6 is 0 Å². The summed E-state index contributed by atoms with van der Waals surface area (Å²) in [5.41, 5.74) is -0.178. The lowest BCUT2D eigenvalue weighted by Gasteiger charge is -2.11. The van der Waals surface area contributed by atoms with Gasteiger partial charge in [0.2, 0.25) is 0 Å². The van der Waals surface area contributed by atoms with Gasteiger partial charge in [-0.3, -0.25) is 0 Å². The predicted octanol–water partition coefficient (Wildman–Crippen LogP) is 0.293. The van der Waals surface area contributed by atoms with Crippen LogP contribution in [0.5, 0.6) is 5.75 Å². The minimum Gasteiger partial charge on any atom is -0.491 e. The fourth-order valence-electron chi connectivity index (χ4n) is 1.07. The molecule has 1 aromatic rings. The molecule has 14 heavy (non-hydrogen) atoms. The Labute approximate surface area is 82.3 Å². The Morgan fingerprint density at radius 3 is 2.50 bits per heavy atom. The average Bonchev–Trinajstić information content (AvgIpc) is 2.07. The Morgan fingerprint density at radius 1 is 1.36 bits per heavy atom. The first-order valence-corrected chi connectivity index (χ1v) is 4.33. The van der Waals surface area contributed by atoms with Gasteiger partial charge in [0.05, 0.1) is 6.10 Å². The number of hydrogen-bond donors (Lipinski definition) is 2. The second kappa shape index (κ2) is 4.44. The van der Waals surface area contributed by atoms with Crippen LogP contribution in [0, 0.1) is 5.82 Å². The van der Waals surface area contributed by atoms with E-state index in [1.54, 1.807) is 0 Å². The van der Waals surface area contributed by atoms with Crippen molar-refractivity contribution in [1.82, 2.24) is 0 Å². The van der Waals surface area contributed by atoms with Gasteiger partial charge < -0.3 is 14.8 Å². The second-order valence-electron chi connectivity index (χ2n) is 3.22. The SMILES string of the molecule is CC(C)Oc1ccc(F)c(B(O)O)c1. The first-order chi connectivity index (χ1) is 6.50. The highest BCUT2D eigenvalue weighted by Gasteiger charge is 2.17. The molecule has 0 radical (unpaired) electrons. The van der Waals surface area contributed by atoms with Crippen molar-refractivity contribution in [2.75, 3.05) is 0 Å². The number of hydrogen-bond acceptors (Lipinski definition) is 3. The fraction of sp³-hybridized carbons (Fsp3) is 0.333. The summed E-state index contributed by atoms with van der Waals surface area (Å²) < 4.78 is 18.3. The molecule has 0 fully saturated rings. The summed E-state index contributed by atoms with van der Waals surface area (Å²) in [5, 5.41) is 17.6. The van der Waals surface area contributed by atoms with E-state index in [2.05, 4.69) is 0 Å². The standard InChI is InChI=1S/C9H12BFO3/c1-6(2)14-7-3-4-9(11)8(5-7)10(12)13/h3-6,12-13H,1-2H3. The molecule has 3 nitrogen and oxygen atoms in total. The van der Waals surface area contributed by atoms with Crippen molar-refractivity contribution in [2.45, 2.75) is 20.0 Å². The number of halogens is 1. The Bertz CT molecular complexity index is 315. The Morgan fingerprint density at radius 2 is 2.00 bits per heavy atom. The van der Waals surface area contributed by atoms with Gasteiger partial charge in [-0.2, -0.15) is 0 Å². The van der Waals surface area contributed by atoms with Crippen LogP contribution in [0.2, 0.25) is 0 Å². The van der Waals surface area contributed by atoms with Crippen LogP contribution in [0.3, 0.4) is 0 Å². The van der Waals surface area contributed by atoms with E-state index in [1.165, 1.54) is 12.1 Å². The molecule has 0 spiro atoms. The molecular formula is C9H12BFO3. The molecule has 5 heteroatoms. The van der Waals surface area contributed by atoms with E-state index >= 15 is 0 Å². The average molecular weight is 198 g/mol. The Kier molecular flexibility index (Phi) is 3.49. The van der Waals surface area contributed by atoms with Gasteiger partial charge in [-0.1, -0.05) is 0 Å². The molecule has 0 aliphatic heterocycles. The van der Waals surface area contributed by atoms with Crippen molar-refractivity contribution in [1.29, 1.82) is 0 Å². The molecule has 0 bridgehead atoms. The third kappa shape index (κ3) is 2.72. The third-order valence-electron chi connectivity index (χ3n) is 1.62. The molecule has 0 atom stereocenters. The minimum absolute atomic E-state index is 0.0378. The van der Waals surface area contributed by atoms with Gasteiger partial charge in [0, 0.05) is 5.46 Å². The van der Waals surface area contributed by atoms with E-state index in [9.17, 15) is 4.39 Å². The van der Waals surface area contributed by atoms with Gasteiger partial charge in [0.25, 0.3) is 0 Å². The smallest absolute Gasteiger partial charge is 0.491 e. The van der Waals surface area contributed by atoms with Gasteiger partial charge >= 0.3 is 7.12 Å². The Balaban J connectivity index is 2.94. The molecule has 1 rings (SSSR count). The molecule has 0 amide bonds. The van der Waals surface area contributed by atoms with Gasteiger partial charge in [-0.25, -0.2) is 4.39 Å². The van der Waals surface area contributed by atoms with Crippen molar-refractivity contribution in [3.63, 3.8) is 0 Å². The minimum atomic E-state index is -1.81. The van der Waals surface area contributed by atoms with E-state index in [-0.39, 0.29) is 11.6 Å². The van der Waals surface area contributed by atoms with Gasteiger partial charge in [0.1, 0.15) is 11.6 Å². The van der Waals surface area contributed by atoms with Gasteiger partial charge in [-0.15, -0.1) is 0 Å². The normalized spacial score (nSPS) is 10.4. The molecule has 76 valence electrons. The summed E-state index contributed by atoms with van der Waals surface area (Å²) in [6, 6.07) is 3.87. The molecule has 0 saturated heterocycles. The molecule has 2 N–H and O–H groups in total. The quantitative estimate of drug-likeness (QED) is 0.686. The monoisotopic (exact) mass is 198 g/mol. The molecular weight excluding hydrogens is 186 g/mol. The highest BCUT2D eigenvalue weighted by atomic mass is 19.1. The second-order valence-corrected chi connectivity index (χ2v) is 3.22. The largest absolute Gasteiger partial charge is 0.491 e. The highest BCUT2D eigenvalue weighted by Crippen LogP contribution is 2.11. The van der Waals surface area contributed by atoms with Crippen molar-refractivity contribution in [3.05, 3.63) is 24.0 Å². The molecule has 0 saturated carbocycles. The Hall–Kier alpha value is -1.07. The lowest BCUT2D eigenvalue weighted by molar-refractivity contribution is 0.242. The summed E-state index contributed by atoms with van der Waals surface area (Å²) >= 11 is 0. The topological polar surface area (TPSA) is 49.7 Å². The molecule has 0 aliphatic rings. The van der Waals surface area contributed by atoms with Crippen molar-refractivity contribution >= 4 is 12.6 Å². The maximum absolute atomic E-state index is 13.0. The predicted molar refractivity (Wildman–Crippen MR) is 52.0 cm³/mol. The zero-order valence-corrected chi connectivity index (χ0v) is 8.07. The summed E-state index contributed by atoms with van der Waals surface area (Å²) in [7, 11) is -1.81. The van der Waals surface area contributed by atoms with Crippen LogP contribution in [0.25, 0.3) is 0 Å². The lowest BCUT2D eigenvalue weighted by Crippen LogP contribution is -2.32. The zero-order valence-electron chi connectivity index (χ0n) is 8.07. The molecule has 0 aliphatic carbocycles. The summed E-state index contributed by atoms with van der Waals surface area (Å²) in [6.45, 7) is 3.66. The van der Waals surface area contributed by atoms with E-state index in [1.807, 2.05) is 13.8 Å². The van der Waals surface area contributed by atoms with Gasteiger partial charge in [0.15, 0.2) is 0 Å². The fourth-order valence-corrected chi connectivity index (χ4v) is 1.07. The van der Waals surface area contributed by atoms with E-state index in [0.29, 0.717) is 5.75 Å². The third-order valence-corrected chi connectivity index (χ3v) is 1.62. The van der Waals surface area contributed by atoms with Crippen LogP contribution in [0.1, 0.15) is 13.8 Å². The first kappa shape index (κ1) is 11.0.